The van der Waals surface area contributed by atoms with Crippen LogP contribution in [0.25, 0.3) is 0 Å². The minimum atomic E-state index is -0.478. The Morgan fingerprint density at radius 1 is 0.950 bits per heavy atom. The van der Waals surface area contributed by atoms with Gasteiger partial charge in [0, 0.05) is 10.3 Å². The lowest BCUT2D eigenvalue weighted by Gasteiger charge is -2.21. The van der Waals surface area contributed by atoms with Gasteiger partial charge in [-0.25, -0.2) is 0 Å². The Balaban J connectivity index is 4.06. The zero-order chi connectivity index (χ0) is 16.0. The van der Waals surface area contributed by atoms with E-state index >= 15 is 0 Å². The highest BCUT2D eigenvalue weighted by Gasteiger charge is 2.25. The molecule has 0 heterocycles. The minimum absolute atomic E-state index is 0.195. The topological polar surface area (TPSA) is 52.6 Å². The number of carbonyl (C=O) groups excluding carboxylic acids is 2. The van der Waals surface area contributed by atoms with Gasteiger partial charge in [-0.15, -0.1) is 0 Å². The summed E-state index contributed by atoms with van der Waals surface area (Å²) in [6.07, 6.45) is 0.710. The second-order valence-corrected chi connectivity index (χ2v) is 7.92. The van der Waals surface area contributed by atoms with E-state index in [1.54, 1.807) is 0 Å². The molecule has 0 spiro atoms. The molecule has 0 aromatic rings. The Morgan fingerprint density at radius 3 is 1.80 bits per heavy atom. The first kappa shape index (κ1) is 19.7. The maximum absolute atomic E-state index is 11.7. The van der Waals surface area contributed by atoms with Crippen molar-refractivity contribution >= 4 is 34.5 Å². The van der Waals surface area contributed by atoms with Gasteiger partial charge in [0.2, 0.25) is 0 Å². The maximum Gasteiger partial charge on any atom is 0.311 e. The number of hydrogen-bond acceptors (Lipinski definition) is 4. The molecule has 1 unspecified atom stereocenters. The molecule has 0 fully saturated rings. The summed E-state index contributed by atoms with van der Waals surface area (Å²) in [6.45, 7) is 11.7. The molecule has 1 atom stereocenters. The summed E-state index contributed by atoms with van der Waals surface area (Å²) in [5.41, 5.74) is -0.951. The second kappa shape index (κ2) is 8.20. The summed E-state index contributed by atoms with van der Waals surface area (Å²) in [5.74, 6) is -0.176. The molecule has 0 aliphatic heterocycles. The van der Waals surface area contributed by atoms with Gasteiger partial charge in [-0.05, 0) is 48.0 Å². The number of ether oxygens (including phenoxy) is 2. The van der Waals surface area contributed by atoms with Crippen LogP contribution in [0.2, 0.25) is 0 Å². The van der Waals surface area contributed by atoms with Crippen LogP contribution >= 0.6 is 22.6 Å². The summed E-state index contributed by atoms with van der Waals surface area (Å²) < 4.78 is 11.4. The highest BCUT2D eigenvalue weighted by atomic mass is 127. The number of esters is 2. The lowest BCUT2D eigenvalue weighted by molar-refractivity contribution is -0.156. The number of alkyl halides is 1. The van der Waals surface area contributed by atoms with E-state index in [0.29, 0.717) is 19.6 Å². The monoisotopic (exact) mass is 398 g/mol. The molecule has 20 heavy (non-hydrogen) atoms. The van der Waals surface area contributed by atoms with Crippen LogP contribution < -0.4 is 0 Å². The molecule has 0 aromatic carbocycles. The third kappa shape index (κ3) is 8.07. The van der Waals surface area contributed by atoms with E-state index in [1.807, 2.05) is 41.5 Å². The van der Waals surface area contributed by atoms with E-state index in [4.69, 9.17) is 9.47 Å². The molecular weight excluding hydrogens is 371 g/mol. The van der Waals surface area contributed by atoms with Gasteiger partial charge in [-0.1, -0.05) is 22.6 Å². The van der Waals surface area contributed by atoms with Crippen molar-refractivity contribution in [2.45, 2.75) is 48.0 Å². The van der Waals surface area contributed by atoms with Crippen LogP contribution in [-0.4, -0.2) is 29.6 Å². The van der Waals surface area contributed by atoms with Gasteiger partial charge < -0.3 is 9.47 Å². The van der Waals surface area contributed by atoms with Crippen LogP contribution in [0.1, 0.15) is 48.0 Å². The SMILES string of the molecule is CC(C)(C)C(=O)OCCC(CI)COC(=O)C(C)(C)C. The van der Waals surface area contributed by atoms with E-state index in [0.717, 1.165) is 4.43 Å². The molecule has 0 bridgehead atoms. The van der Waals surface area contributed by atoms with E-state index in [9.17, 15) is 9.59 Å². The van der Waals surface area contributed by atoms with Crippen LogP contribution in [-0.2, 0) is 19.1 Å². The Labute approximate surface area is 136 Å². The van der Waals surface area contributed by atoms with Gasteiger partial charge in [0.05, 0.1) is 24.0 Å². The van der Waals surface area contributed by atoms with Crippen molar-refractivity contribution in [3.8, 4) is 0 Å². The summed E-state index contributed by atoms with van der Waals surface area (Å²) >= 11 is 2.26. The number of rotatable bonds is 6. The predicted octanol–water partition coefficient (Wildman–Crippen LogP) is 3.61. The molecule has 118 valence electrons. The van der Waals surface area contributed by atoms with E-state index < -0.39 is 10.8 Å². The van der Waals surface area contributed by atoms with Gasteiger partial charge in [-0.2, -0.15) is 0 Å². The molecule has 0 N–H and O–H groups in total. The minimum Gasteiger partial charge on any atom is -0.465 e. The zero-order valence-electron chi connectivity index (χ0n) is 13.4. The largest absolute Gasteiger partial charge is 0.465 e. The molecule has 0 radical (unpaired) electrons. The number of carbonyl (C=O) groups is 2. The molecule has 0 saturated heterocycles. The molecule has 0 aliphatic carbocycles. The Hall–Kier alpha value is -0.330. The average Bonchev–Trinajstić information content (AvgIpc) is 2.30. The van der Waals surface area contributed by atoms with Crippen LogP contribution in [0.3, 0.4) is 0 Å². The first-order valence-corrected chi connectivity index (χ1v) is 8.41. The fraction of sp³-hybridized carbons (Fsp3) is 0.867. The summed E-state index contributed by atoms with van der Waals surface area (Å²) in [4.78, 5) is 23.3. The van der Waals surface area contributed by atoms with Crippen molar-refractivity contribution in [2.75, 3.05) is 17.6 Å². The Kier molecular flexibility index (Phi) is 8.06. The summed E-state index contributed by atoms with van der Waals surface area (Å²) in [5, 5.41) is 0. The average molecular weight is 398 g/mol. The van der Waals surface area contributed by atoms with Gasteiger partial charge >= 0.3 is 11.9 Å². The summed E-state index contributed by atoms with van der Waals surface area (Å²) in [7, 11) is 0. The molecule has 0 rings (SSSR count). The van der Waals surface area contributed by atoms with Crippen molar-refractivity contribution in [3.63, 3.8) is 0 Å². The van der Waals surface area contributed by atoms with Gasteiger partial charge in [0.25, 0.3) is 0 Å². The van der Waals surface area contributed by atoms with Crippen molar-refractivity contribution < 1.29 is 19.1 Å². The summed E-state index contributed by atoms with van der Waals surface area (Å²) in [6, 6.07) is 0. The van der Waals surface area contributed by atoms with Crippen molar-refractivity contribution in [2.24, 2.45) is 16.7 Å². The van der Waals surface area contributed by atoms with Gasteiger partial charge in [-0.3, -0.25) is 9.59 Å². The number of hydrogen-bond donors (Lipinski definition) is 0. The van der Waals surface area contributed by atoms with Crippen molar-refractivity contribution in [1.82, 2.24) is 0 Å². The highest BCUT2D eigenvalue weighted by Crippen LogP contribution is 2.18. The number of halogens is 1. The molecule has 0 aliphatic rings. The zero-order valence-corrected chi connectivity index (χ0v) is 15.6. The third-order valence-electron chi connectivity index (χ3n) is 2.65. The van der Waals surface area contributed by atoms with Crippen LogP contribution in [0, 0.1) is 16.7 Å². The van der Waals surface area contributed by atoms with Crippen LogP contribution in [0.5, 0.6) is 0 Å². The highest BCUT2D eigenvalue weighted by molar-refractivity contribution is 14.1. The van der Waals surface area contributed by atoms with Crippen LogP contribution in [0.4, 0.5) is 0 Å². The molecule has 5 heteroatoms. The smallest absolute Gasteiger partial charge is 0.311 e. The second-order valence-electron chi connectivity index (χ2n) is 7.04. The first-order valence-electron chi connectivity index (χ1n) is 6.89. The maximum atomic E-state index is 11.7. The Morgan fingerprint density at radius 2 is 1.40 bits per heavy atom. The Bertz CT molecular complexity index is 326. The van der Waals surface area contributed by atoms with E-state index in [2.05, 4.69) is 22.6 Å². The van der Waals surface area contributed by atoms with Gasteiger partial charge in [0.15, 0.2) is 0 Å². The normalized spacial score (nSPS) is 13.8. The predicted molar refractivity (Wildman–Crippen MR) is 87.8 cm³/mol. The van der Waals surface area contributed by atoms with E-state index in [-0.39, 0.29) is 17.9 Å². The lowest BCUT2D eigenvalue weighted by atomic mass is 9.97. The molecule has 0 saturated carbocycles. The van der Waals surface area contributed by atoms with Gasteiger partial charge in [0.1, 0.15) is 0 Å². The van der Waals surface area contributed by atoms with Crippen molar-refractivity contribution in [3.05, 3.63) is 0 Å². The lowest BCUT2D eigenvalue weighted by Crippen LogP contribution is -2.27. The van der Waals surface area contributed by atoms with Crippen molar-refractivity contribution in [1.29, 1.82) is 0 Å². The molecule has 0 amide bonds. The third-order valence-corrected chi connectivity index (χ3v) is 3.90. The molecule has 0 aromatic heterocycles. The van der Waals surface area contributed by atoms with Crippen LogP contribution in [0.15, 0.2) is 0 Å². The molecular formula is C15H27IO4. The standard InChI is InChI=1S/C15H27IO4/c1-14(2,3)12(17)19-8-7-11(9-16)10-20-13(18)15(4,5)6/h11H,7-10H2,1-6H3. The first-order chi connectivity index (χ1) is 8.98. The fourth-order valence-corrected chi connectivity index (χ4v) is 1.84. The van der Waals surface area contributed by atoms with E-state index in [1.165, 1.54) is 0 Å². The molecule has 4 nitrogen and oxygen atoms in total. The quantitative estimate of drug-likeness (QED) is 0.390. The fourth-order valence-electron chi connectivity index (χ4n) is 1.15.